The molecule has 2 heterocycles. The predicted molar refractivity (Wildman–Crippen MR) is 104 cm³/mol. The summed E-state index contributed by atoms with van der Waals surface area (Å²) in [5.41, 5.74) is -0.986. The Morgan fingerprint density at radius 1 is 1.30 bits per heavy atom. The van der Waals surface area contributed by atoms with Crippen LogP contribution in [0.4, 0.5) is 13.2 Å². The number of esters is 1. The molecule has 1 aromatic rings. The molecule has 170 valence electrons. The van der Waals surface area contributed by atoms with Crippen LogP contribution in [-0.2, 0) is 18.7 Å². The molecule has 1 unspecified atom stereocenters. The minimum absolute atomic E-state index is 0.145. The summed E-state index contributed by atoms with van der Waals surface area (Å²) >= 11 is 0. The predicted octanol–water partition coefficient (Wildman–Crippen LogP) is 2.63. The van der Waals surface area contributed by atoms with E-state index in [0.29, 0.717) is 0 Å². The van der Waals surface area contributed by atoms with E-state index in [0.717, 1.165) is 4.57 Å². The summed E-state index contributed by atoms with van der Waals surface area (Å²) < 4.78 is 55.1. The molecule has 0 spiro atoms. The van der Waals surface area contributed by atoms with E-state index in [9.17, 15) is 27.6 Å². The topological polar surface area (TPSA) is 99.6 Å². The zero-order valence-corrected chi connectivity index (χ0v) is 18.8. The summed E-state index contributed by atoms with van der Waals surface area (Å²) in [6.07, 6.45) is -6.25. The molecule has 0 aliphatic carbocycles. The summed E-state index contributed by atoms with van der Waals surface area (Å²) in [6, 6.07) is 0. The number of aromatic amines is 1. The smallest absolute Gasteiger partial charge is 0.456 e. The van der Waals surface area contributed by atoms with Crippen LogP contribution >= 0.6 is 0 Å². The molecule has 1 fully saturated rings. The molecule has 12 heteroatoms. The molecule has 2 rings (SSSR count). The van der Waals surface area contributed by atoms with Crippen LogP contribution in [0.25, 0.3) is 0 Å². The Balaban J connectivity index is 2.29. The van der Waals surface area contributed by atoms with Crippen molar-refractivity contribution in [2.75, 3.05) is 6.61 Å². The van der Waals surface area contributed by atoms with Crippen LogP contribution in [-0.4, -0.2) is 48.8 Å². The molecule has 0 amide bonds. The van der Waals surface area contributed by atoms with Crippen LogP contribution in [0.2, 0.25) is 18.1 Å². The van der Waals surface area contributed by atoms with Crippen molar-refractivity contribution >= 4 is 14.3 Å². The van der Waals surface area contributed by atoms with Gasteiger partial charge in [-0.1, -0.05) is 20.8 Å². The average Bonchev–Trinajstić information content (AvgIpc) is 2.95. The molecule has 1 aromatic heterocycles. The molecular formula is C18H27F3N2O6Si. The van der Waals surface area contributed by atoms with Gasteiger partial charge in [0.05, 0.1) is 6.10 Å². The first-order valence-electron chi connectivity index (χ1n) is 9.42. The van der Waals surface area contributed by atoms with Gasteiger partial charge in [-0.3, -0.25) is 14.3 Å². The minimum atomic E-state index is -5.12. The maximum Gasteiger partial charge on any atom is 0.490 e. The zero-order valence-electron chi connectivity index (χ0n) is 17.8. The molecule has 0 saturated carbocycles. The summed E-state index contributed by atoms with van der Waals surface area (Å²) in [4.78, 5) is 37.1. The Bertz CT molecular complexity index is 903. The summed E-state index contributed by atoms with van der Waals surface area (Å²) in [5, 5.41) is -0.191. The number of aryl methyl sites for hydroxylation is 1. The van der Waals surface area contributed by atoms with Gasteiger partial charge in [-0.05, 0) is 25.1 Å². The first-order valence-corrected chi connectivity index (χ1v) is 12.3. The van der Waals surface area contributed by atoms with E-state index in [1.54, 1.807) is 0 Å². The van der Waals surface area contributed by atoms with Gasteiger partial charge in [0, 0.05) is 18.2 Å². The number of carbonyl (C=O) groups excluding carboxylic acids is 1. The lowest BCUT2D eigenvalue weighted by atomic mass is 10.2. The zero-order chi connectivity index (χ0) is 23.1. The van der Waals surface area contributed by atoms with Crippen molar-refractivity contribution in [3.05, 3.63) is 32.6 Å². The number of rotatable bonds is 5. The van der Waals surface area contributed by atoms with E-state index in [1.165, 1.54) is 13.1 Å². The number of halogens is 3. The van der Waals surface area contributed by atoms with Gasteiger partial charge in [-0.2, -0.15) is 13.2 Å². The molecule has 3 atom stereocenters. The second-order valence-electron chi connectivity index (χ2n) is 8.86. The number of hydrogen-bond acceptors (Lipinski definition) is 6. The van der Waals surface area contributed by atoms with E-state index in [-0.39, 0.29) is 17.0 Å². The fourth-order valence-electron chi connectivity index (χ4n) is 2.74. The fourth-order valence-corrected chi connectivity index (χ4v) is 4.10. The number of nitrogens with one attached hydrogen (secondary N) is 1. The van der Waals surface area contributed by atoms with Crippen molar-refractivity contribution in [2.45, 2.75) is 76.9 Å². The monoisotopic (exact) mass is 452 g/mol. The van der Waals surface area contributed by atoms with Gasteiger partial charge in [0.25, 0.3) is 5.56 Å². The third-order valence-corrected chi connectivity index (χ3v) is 10.0. The van der Waals surface area contributed by atoms with E-state index in [1.807, 2.05) is 33.9 Å². The first kappa shape index (κ1) is 24.3. The number of ether oxygens (including phenoxy) is 2. The van der Waals surface area contributed by atoms with Gasteiger partial charge in [-0.25, -0.2) is 9.59 Å². The number of aromatic nitrogens is 2. The van der Waals surface area contributed by atoms with Gasteiger partial charge in [0.15, 0.2) is 8.32 Å². The largest absolute Gasteiger partial charge is 0.490 e. The normalized spacial score (nSPS) is 22.9. The highest BCUT2D eigenvalue weighted by molar-refractivity contribution is 6.74. The number of nitrogens with zero attached hydrogens (tertiary/aromatic N) is 1. The first-order chi connectivity index (χ1) is 13.5. The standard InChI is InChI=1S/C18H27F3N2O6Si/c1-10-8-23(16(26)22-14(10)24)13-7-11(29-30(5,6)17(2,3)4)12(28-13)9-27-15(25)18(19,20)21/h8,11-13H,7,9H2,1-6H3,(H,22,24,26)/t11?,12-,13-/m0/s1. The van der Waals surface area contributed by atoms with Gasteiger partial charge in [0.2, 0.25) is 0 Å². The van der Waals surface area contributed by atoms with Gasteiger partial charge < -0.3 is 13.9 Å². The van der Waals surface area contributed by atoms with E-state index in [4.69, 9.17) is 9.16 Å². The van der Waals surface area contributed by atoms with Crippen LogP contribution in [0, 0.1) is 6.92 Å². The number of hydrogen-bond donors (Lipinski definition) is 1. The van der Waals surface area contributed by atoms with Gasteiger partial charge in [0.1, 0.15) is 18.9 Å². The molecule has 1 aliphatic heterocycles. The SMILES string of the molecule is Cc1cn([C@@H]2CC(O[Si](C)(C)C(C)(C)C)[C@H](COC(=O)C(F)(F)F)O2)c(=O)[nH]c1=O. The van der Waals surface area contributed by atoms with Crippen LogP contribution in [0.1, 0.15) is 39.0 Å². The Morgan fingerprint density at radius 3 is 2.43 bits per heavy atom. The molecule has 1 saturated heterocycles. The van der Waals surface area contributed by atoms with Crippen molar-refractivity contribution in [1.29, 1.82) is 0 Å². The van der Waals surface area contributed by atoms with Crippen LogP contribution in [0.15, 0.2) is 15.8 Å². The third kappa shape index (κ3) is 5.41. The third-order valence-electron chi connectivity index (χ3n) is 5.50. The van der Waals surface area contributed by atoms with Crippen molar-refractivity contribution < 1.29 is 31.9 Å². The number of alkyl halides is 3. The summed E-state index contributed by atoms with van der Waals surface area (Å²) in [6.45, 7) is 10.8. The highest BCUT2D eigenvalue weighted by Gasteiger charge is 2.47. The molecule has 0 radical (unpaired) electrons. The van der Waals surface area contributed by atoms with E-state index < -0.39 is 56.8 Å². The van der Waals surface area contributed by atoms with Crippen LogP contribution < -0.4 is 11.2 Å². The number of carbonyl (C=O) groups is 1. The minimum Gasteiger partial charge on any atom is -0.456 e. The molecule has 8 nitrogen and oxygen atoms in total. The van der Waals surface area contributed by atoms with E-state index >= 15 is 0 Å². The Kier molecular flexibility index (Phi) is 6.74. The Morgan fingerprint density at radius 2 is 1.90 bits per heavy atom. The maximum absolute atomic E-state index is 12.5. The fraction of sp³-hybridized carbons (Fsp3) is 0.722. The van der Waals surface area contributed by atoms with Crippen LogP contribution in [0.3, 0.4) is 0 Å². The van der Waals surface area contributed by atoms with Crippen LogP contribution in [0.5, 0.6) is 0 Å². The van der Waals surface area contributed by atoms with Crippen molar-refractivity contribution in [3.8, 4) is 0 Å². The molecule has 0 aromatic carbocycles. The lowest BCUT2D eigenvalue weighted by Gasteiger charge is -2.39. The van der Waals surface area contributed by atoms with Crippen molar-refractivity contribution in [3.63, 3.8) is 0 Å². The van der Waals surface area contributed by atoms with Gasteiger partial charge in [-0.15, -0.1) is 0 Å². The van der Waals surface area contributed by atoms with Gasteiger partial charge >= 0.3 is 17.8 Å². The van der Waals surface area contributed by atoms with Crippen molar-refractivity contribution in [2.24, 2.45) is 0 Å². The lowest BCUT2D eigenvalue weighted by molar-refractivity contribution is -0.203. The Labute approximate surface area is 172 Å². The Hall–Kier alpha value is -1.92. The quantitative estimate of drug-likeness (QED) is 0.545. The molecule has 30 heavy (non-hydrogen) atoms. The molecule has 0 bridgehead atoms. The molecule has 1 N–H and O–H groups in total. The average molecular weight is 453 g/mol. The van der Waals surface area contributed by atoms with E-state index in [2.05, 4.69) is 9.72 Å². The molecular weight excluding hydrogens is 425 g/mol. The molecule has 1 aliphatic rings. The highest BCUT2D eigenvalue weighted by Crippen LogP contribution is 2.41. The summed E-state index contributed by atoms with van der Waals surface area (Å²) in [5.74, 6) is -2.32. The summed E-state index contributed by atoms with van der Waals surface area (Å²) in [7, 11) is -2.36. The second-order valence-corrected chi connectivity index (χ2v) is 13.6. The number of H-pyrrole nitrogens is 1. The lowest BCUT2D eigenvalue weighted by Crippen LogP contribution is -2.47. The highest BCUT2D eigenvalue weighted by atomic mass is 28.4. The second kappa shape index (κ2) is 8.31. The van der Waals surface area contributed by atoms with Crippen molar-refractivity contribution in [1.82, 2.24) is 9.55 Å². The maximum atomic E-state index is 12.5.